The predicted octanol–water partition coefficient (Wildman–Crippen LogP) is 0.453. The van der Waals surface area contributed by atoms with Crippen LogP contribution in [0.2, 0.25) is 0 Å². The molecule has 4 heteroatoms. The number of Topliss-reactive ketones (excluding diaryl/α,β-unsaturated/α-hetero) is 2. The maximum Gasteiger partial charge on any atom is 0.166 e. The number of ketones is 2. The summed E-state index contributed by atoms with van der Waals surface area (Å²) in [6, 6.07) is 0. The van der Waals surface area contributed by atoms with E-state index in [0.29, 0.717) is 31.5 Å². The molecule has 0 atom stereocenters. The second-order valence-corrected chi connectivity index (χ2v) is 4.91. The van der Waals surface area contributed by atoms with Gasteiger partial charge in [-0.25, -0.2) is 0 Å². The van der Waals surface area contributed by atoms with E-state index in [1.807, 2.05) is 13.8 Å². The second kappa shape index (κ2) is 5.37. The normalized spacial score (nSPS) is 20.1. The van der Waals surface area contributed by atoms with Crippen molar-refractivity contribution in [2.45, 2.75) is 26.7 Å². The zero-order chi connectivity index (χ0) is 12.2. The third-order valence-corrected chi connectivity index (χ3v) is 2.62. The monoisotopic (exact) mass is 225 g/mol. The minimum absolute atomic E-state index is 0.0537. The van der Waals surface area contributed by atoms with Gasteiger partial charge < -0.3 is 10.4 Å². The average Bonchev–Trinajstić information content (AvgIpc) is 2.13. The zero-order valence-corrected chi connectivity index (χ0v) is 9.88. The molecule has 0 saturated heterocycles. The van der Waals surface area contributed by atoms with Crippen LogP contribution in [0.25, 0.3) is 0 Å². The summed E-state index contributed by atoms with van der Waals surface area (Å²) in [5.74, 6) is -0.126. The lowest BCUT2D eigenvalue weighted by molar-refractivity contribution is -0.127. The number of nitrogens with one attached hydrogen (secondary N) is 1. The fourth-order valence-electron chi connectivity index (χ4n) is 1.86. The van der Waals surface area contributed by atoms with Gasteiger partial charge in [0.1, 0.15) is 0 Å². The number of aliphatic hydroxyl groups is 1. The van der Waals surface area contributed by atoms with Gasteiger partial charge in [0.05, 0.1) is 12.2 Å². The lowest BCUT2D eigenvalue weighted by atomic mass is 9.74. The van der Waals surface area contributed by atoms with Gasteiger partial charge in [0.25, 0.3) is 0 Å². The minimum atomic E-state index is -0.204. The first-order valence-corrected chi connectivity index (χ1v) is 5.54. The molecule has 0 aromatic heterocycles. The summed E-state index contributed by atoms with van der Waals surface area (Å²) in [7, 11) is 0. The molecule has 2 N–H and O–H groups in total. The smallest absolute Gasteiger partial charge is 0.166 e. The molecule has 4 nitrogen and oxygen atoms in total. The summed E-state index contributed by atoms with van der Waals surface area (Å²) >= 11 is 0. The molecule has 90 valence electrons. The SMILES string of the molecule is CC1(C)CC(=O)C(=CCNCCO)C(=O)C1. The average molecular weight is 225 g/mol. The van der Waals surface area contributed by atoms with E-state index in [0.717, 1.165) is 0 Å². The Labute approximate surface area is 95.7 Å². The topological polar surface area (TPSA) is 66.4 Å². The van der Waals surface area contributed by atoms with Crippen LogP contribution >= 0.6 is 0 Å². The van der Waals surface area contributed by atoms with Crippen molar-refractivity contribution < 1.29 is 14.7 Å². The molecule has 0 bridgehead atoms. The molecule has 1 aliphatic carbocycles. The Morgan fingerprint density at radius 1 is 1.31 bits per heavy atom. The zero-order valence-electron chi connectivity index (χ0n) is 9.88. The van der Waals surface area contributed by atoms with Crippen LogP contribution in [0.15, 0.2) is 11.6 Å². The van der Waals surface area contributed by atoms with E-state index in [-0.39, 0.29) is 23.6 Å². The van der Waals surface area contributed by atoms with E-state index < -0.39 is 0 Å². The quantitative estimate of drug-likeness (QED) is 0.414. The number of allylic oxidation sites excluding steroid dienone is 1. The van der Waals surface area contributed by atoms with Crippen LogP contribution in [0.3, 0.4) is 0 Å². The lowest BCUT2D eigenvalue weighted by Gasteiger charge is -2.28. The Bertz CT molecular complexity index is 296. The Kier molecular flexibility index (Phi) is 4.38. The number of carbonyl (C=O) groups is 2. The minimum Gasteiger partial charge on any atom is -0.395 e. The summed E-state index contributed by atoms with van der Waals surface area (Å²) < 4.78 is 0. The Morgan fingerprint density at radius 3 is 2.38 bits per heavy atom. The van der Waals surface area contributed by atoms with Gasteiger partial charge in [-0.3, -0.25) is 9.59 Å². The Hall–Kier alpha value is -1.00. The summed E-state index contributed by atoms with van der Waals surface area (Å²) in [5.41, 5.74) is 0.120. The number of hydrogen-bond acceptors (Lipinski definition) is 4. The van der Waals surface area contributed by atoms with Gasteiger partial charge in [-0.2, -0.15) is 0 Å². The molecule has 1 rings (SSSR count). The highest BCUT2D eigenvalue weighted by atomic mass is 16.3. The highest BCUT2D eigenvalue weighted by Gasteiger charge is 2.35. The molecule has 0 unspecified atom stereocenters. The van der Waals surface area contributed by atoms with E-state index in [4.69, 9.17) is 5.11 Å². The third-order valence-electron chi connectivity index (χ3n) is 2.62. The predicted molar refractivity (Wildman–Crippen MR) is 61.1 cm³/mol. The van der Waals surface area contributed by atoms with Gasteiger partial charge in [-0.1, -0.05) is 19.9 Å². The van der Waals surface area contributed by atoms with E-state index in [2.05, 4.69) is 5.32 Å². The van der Waals surface area contributed by atoms with Gasteiger partial charge in [0.2, 0.25) is 0 Å². The highest BCUT2D eigenvalue weighted by molar-refractivity contribution is 6.22. The molecule has 0 aromatic carbocycles. The van der Waals surface area contributed by atoms with Crippen LogP contribution in [0.5, 0.6) is 0 Å². The van der Waals surface area contributed by atoms with Crippen LogP contribution in [0, 0.1) is 5.41 Å². The van der Waals surface area contributed by atoms with Crippen molar-refractivity contribution >= 4 is 11.6 Å². The largest absolute Gasteiger partial charge is 0.395 e. The summed E-state index contributed by atoms with van der Waals surface area (Å²) in [5, 5.41) is 11.5. The van der Waals surface area contributed by atoms with Crippen LogP contribution in [-0.4, -0.2) is 36.4 Å². The van der Waals surface area contributed by atoms with Crippen molar-refractivity contribution in [3.63, 3.8) is 0 Å². The first-order valence-electron chi connectivity index (χ1n) is 5.54. The van der Waals surface area contributed by atoms with Crippen molar-refractivity contribution in [1.29, 1.82) is 0 Å². The molecule has 1 aliphatic rings. The van der Waals surface area contributed by atoms with Crippen LogP contribution in [-0.2, 0) is 9.59 Å². The molecule has 1 saturated carbocycles. The van der Waals surface area contributed by atoms with Gasteiger partial charge in [-0.05, 0) is 5.41 Å². The van der Waals surface area contributed by atoms with Crippen molar-refractivity contribution in [1.82, 2.24) is 5.32 Å². The second-order valence-electron chi connectivity index (χ2n) is 4.91. The summed E-state index contributed by atoms with van der Waals surface area (Å²) in [6.45, 7) is 4.84. The fraction of sp³-hybridized carbons (Fsp3) is 0.667. The molecule has 0 heterocycles. The van der Waals surface area contributed by atoms with Crippen LogP contribution in [0.4, 0.5) is 0 Å². The van der Waals surface area contributed by atoms with Gasteiger partial charge in [0.15, 0.2) is 11.6 Å². The fourth-order valence-corrected chi connectivity index (χ4v) is 1.86. The van der Waals surface area contributed by atoms with Gasteiger partial charge in [0, 0.05) is 25.9 Å². The first-order chi connectivity index (χ1) is 7.46. The molecule has 0 amide bonds. The molecule has 1 fully saturated rings. The molecule has 0 spiro atoms. The maximum absolute atomic E-state index is 11.7. The molecule has 0 radical (unpaired) electrons. The van der Waals surface area contributed by atoms with Crippen molar-refractivity contribution in [2.75, 3.05) is 19.7 Å². The van der Waals surface area contributed by atoms with E-state index >= 15 is 0 Å². The molecule has 0 aliphatic heterocycles. The van der Waals surface area contributed by atoms with E-state index in [9.17, 15) is 9.59 Å². The maximum atomic E-state index is 11.7. The summed E-state index contributed by atoms with van der Waals surface area (Å²) in [4.78, 5) is 23.4. The molecule has 16 heavy (non-hydrogen) atoms. The molecular weight excluding hydrogens is 206 g/mol. The van der Waals surface area contributed by atoms with Gasteiger partial charge in [-0.15, -0.1) is 0 Å². The third kappa shape index (κ3) is 3.54. The Morgan fingerprint density at radius 2 is 1.88 bits per heavy atom. The van der Waals surface area contributed by atoms with Crippen molar-refractivity contribution in [2.24, 2.45) is 5.41 Å². The molecule has 0 aromatic rings. The lowest BCUT2D eigenvalue weighted by Crippen LogP contribution is -2.32. The standard InChI is InChI=1S/C12H19NO3/c1-12(2)7-10(15)9(11(16)8-12)3-4-13-5-6-14/h3,13-14H,4-8H2,1-2H3. The van der Waals surface area contributed by atoms with Gasteiger partial charge >= 0.3 is 0 Å². The van der Waals surface area contributed by atoms with Crippen molar-refractivity contribution in [3.8, 4) is 0 Å². The highest BCUT2D eigenvalue weighted by Crippen LogP contribution is 2.33. The van der Waals surface area contributed by atoms with Crippen LogP contribution in [0.1, 0.15) is 26.7 Å². The Balaban J connectivity index is 2.60. The first kappa shape index (κ1) is 13.1. The van der Waals surface area contributed by atoms with Crippen LogP contribution < -0.4 is 5.32 Å². The van der Waals surface area contributed by atoms with E-state index in [1.54, 1.807) is 6.08 Å². The number of hydrogen-bond donors (Lipinski definition) is 2. The van der Waals surface area contributed by atoms with Crippen molar-refractivity contribution in [3.05, 3.63) is 11.6 Å². The number of rotatable bonds is 4. The number of aliphatic hydroxyl groups excluding tert-OH is 1. The molecular formula is C12H19NO3. The number of carbonyl (C=O) groups excluding carboxylic acids is 2. The van der Waals surface area contributed by atoms with E-state index in [1.165, 1.54) is 0 Å². The summed E-state index contributed by atoms with van der Waals surface area (Å²) in [6.07, 6.45) is 2.50.